The van der Waals surface area contributed by atoms with Crippen LogP contribution in [0.3, 0.4) is 0 Å². The number of alkyl halides is 1. The molecule has 1 aliphatic rings. The molecular weight excluding hydrogens is 312 g/mol. The molecule has 3 rings (SSSR count). The quantitative estimate of drug-likeness (QED) is 0.484. The first-order chi connectivity index (χ1) is 8.69. The van der Waals surface area contributed by atoms with Gasteiger partial charge in [-0.1, -0.05) is 22.0 Å². The summed E-state index contributed by atoms with van der Waals surface area (Å²) in [6.07, 6.45) is 6.81. The Bertz CT molecular complexity index is 702. The number of imidazole rings is 1. The summed E-state index contributed by atoms with van der Waals surface area (Å²) >= 11 is 5.17. The molecule has 1 aliphatic heterocycles. The zero-order chi connectivity index (χ0) is 12.7. The lowest BCUT2D eigenvalue weighted by molar-refractivity contribution is 0.111. The van der Waals surface area contributed by atoms with E-state index in [9.17, 15) is 4.79 Å². The molecule has 3 heterocycles. The number of carbonyl (C=O) groups excluding carboxylic acids is 1. The molecule has 3 nitrogen and oxygen atoms in total. The minimum absolute atomic E-state index is 0.263. The summed E-state index contributed by atoms with van der Waals surface area (Å²) in [7, 11) is 0. The number of allylic oxidation sites excluding steroid dienone is 1. The molecular formula is C13H10BrN2OS. The molecule has 0 saturated carbocycles. The minimum Gasteiger partial charge on any atom is -0.297 e. The third kappa shape index (κ3) is 1.83. The molecule has 0 fully saturated rings. The van der Waals surface area contributed by atoms with E-state index in [0.717, 1.165) is 28.1 Å². The number of fused-ring (bicyclic) bond motifs is 1. The number of aromatic nitrogens is 2. The fraction of sp³-hybridized carbons (Fsp3) is 0.154. The van der Waals surface area contributed by atoms with E-state index >= 15 is 0 Å². The van der Waals surface area contributed by atoms with Crippen molar-refractivity contribution in [1.82, 2.24) is 9.38 Å². The largest absolute Gasteiger partial charge is 0.297 e. The van der Waals surface area contributed by atoms with Crippen molar-refractivity contribution in [2.75, 3.05) is 0 Å². The topological polar surface area (TPSA) is 34.4 Å². The third-order valence-electron chi connectivity index (χ3n) is 2.80. The van der Waals surface area contributed by atoms with Gasteiger partial charge in [0.2, 0.25) is 0 Å². The van der Waals surface area contributed by atoms with Gasteiger partial charge in [0.25, 0.3) is 0 Å². The van der Waals surface area contributed by atoms with Crippen LogP contribution in [0.5, 0.6) is 0 Å². The molecule has 2 aromatic heterocycles. The van der Waals surface area contributed by atoms with Crippen molar-refractivity contribution in [1.29, 1.82) is 0 Å². The van der Waals surface area contributed by atoms with E-state index in [4.69, 9.17) is 0 Å². The lowest BCUT2D eigenvalue weighted by atomic mass is 10.2. The second kappa shape index (κ2) is 4.40. The fourth-order valence-electron chi connectivity index (χ4n) is 1.96. The van der Waals surface area contributed by atoms with Gasteiger partial charge in [0.1, 0.15) is 17.0 Å². The van der Waals surface area contributed by atoms with Gasteiger partial charge in [0.05, 0.1) is 9.02 Å². The normalized spacial score (nSPS) is 18.3. The van der Waals surface area contributed by atoms with E-state index in [0.29, 0.717) is 5.69 Å². The first-order valence-electron chi connectivity index (χ1n) is 5.49. The van der Waals surface area contributed by atoms with Crippen molar-refractivity contribution in [2.45, 2.75) is 11.1 Å². The number of halogens is 1. The summed E-state index contributed by atoms with van der Waals surface area (Å²) in [5, 5.41) is 0. The van der Waals surface area contributed by atoms with Crippen molar-refractivity contribution in [3.8, 4) is 0 Å². The fourth-order valence-corrected chi connectivity index (χ4v) is 3.53. The van der Waals surface area contributed by atoms with Crippen LogP contribution in [0.4, 0.5) is 0 Å². The van der Waals surface area contributed by atoms with Gasteiger partial charge in [0, 0.05) is 6.20 Å². The average molecular weight is 322 g/mol. The Hall–Kier alpha value is -1.33. The van der Waals surface area contributed by atoms with E-state index < -0.39 is 0 Å². The van der Waals surface area contributed by atoms with Crippen molar-refractivity contribution in [2.24, 2.45) is 0 Å². The molecule has 0 bridgehead atoms. The monoisotopic (exact) mass is 321 g/mol. The zero-order valence-corrected chi connectivity index (χ0v) is 12.0. The summed E-state index contributed by atoms with van der Waals surface area (Å²) in [5.41, 5.74) is 3.32. The summed E-state index contributed by atoms with van der Waals surface area (Å²) in [6, 6.07) is 3.95. The number of hydrogen-bond acceptors (Lipinski definition) is 2. The van der Waals surface area contributed by atoms with Crippen molar-refractivity contribution in [3.63, 3.8) is 0 Å². The highest BCUT2D eigenvalue weighted by Gasteiger charge is 2.18. The Labute approximate surface area is 117 Å². The number of aryl methyl sites for hydroxylation is 1. The lowest BCUT2D eigenvalue weighted by Crippen LogP contribution is -1.99. The minimum atomic E-state index is 0.263. The van der Waals surface area contributed by atoms with Gasteiger partial charge < -0.3 is 0 Å². The standard InChI is InChI=1S/C13H10BrN2OS/c1-8-4-5-16-9(7-17)13(15-12(16)6-8)10-2-3-11(14)18-10/h2-7,11H,1H3. The Kier molecular flexibility index (Phi) is 2.87. The van der Waals surface area contributed by atoms with Crippen LogP contribution in [0, 0.1) is 6.92 Å². The first kappa shape index (κ1) is 11.7. The highest BCUT2D eigenvalue weighted by atomic mass is 79.9. The summed E-state index contributed by atoms with van der Waals surface area (Å²) in [4.78, 5) is 16.9. The van der Waals surface area contributed by atoms with Gasteiger partial charge in [-0.2, -0.15) is 11.4 Å². The maximum Gasteiger partial charge on any atom is 0.169 e. The van der Waals surface area contributed by atoms with Crippen LogP contribution in [-0.4, -0.2) is 24.7 Å². The summed E-state index contributed by atoms with van der Waals surface area (Å²) < 4.78 is 2.09. The SMILES string of the molecule is Cc1ccn2c(C=O)c(C3=[S]C(Br)C=C3)nc2c1. The lowest BCUT2D eigenvalue weighted by Gasteiger charge is -1.97. The molecule has 0 saturated heterocycles. The Balaban J connectivity index is 2.26. The highest BCUT2D eigenvalue weighted by molar-refractivity contribution is 9.11. The molecule has 0 N–H and O–H groups in total. The number of pyridine rings is 1. The van der Waals surface area contributed by atoms with E-state index in [1.165, 1.54) is 0 Å². The van der Waals surface area contributed by atoms with Crippen molar-refractivity contribution < 1.29 is 4.79 Å². The van der Waals surface area contributed by atoms with Crippen LogP contribution in [0.25, 0.3) is 5.65 Å². The molecule has 0 spiro atoms. The molecule has 2 aromatic rings. The number of aldehydes is 1. The number of hydrogen-bond donors (Lipinski definition) is 0. The van der Waals surface area contributed by atoms with Gasteiger partial charge in [-0.15, -0.1) is 0 Å². The van der Waals surface area contributed by atoms with Gasteiger partial charge in [0.15, 0.2) is 6.29 Å². The van der Waals surface area contributed by atoms with Crippen molar-refractivity contribution in [3.05, 3.63) is 47.4 Å². The van der Waals surface area contributed by atoms with Crippen LogP contribution < -0.4 is 0 Å². The molecule has 18 heavy (non-hydrogen) atoms. The third-order valence-corrected chi connectivity index (χ3v) is 4.63. The van der Waals surface area contributed by atoms with E-state index in [2.05, 4.69) is 20.9 Å². The molecule has 91 valence electrons. The van der Waals surface area contributed by atoms with Crippen LogP contribution in [-0.2, 0) is 0 Å². The van der Waals surface area contributed by atoms with E-state index in [1.54, 1.807) is 11.4 Å². The number of rotatable bonds is 2. The Morgan fingerprint density at radius 1 is 1.56 bits per heavy atom. The van der Waals surface area contributed by atoms with Gasteiger partial charge in [-0.3, -0.25) is 9.20 Å². The average Bonchev–Trinajstić information content (AvgIpc) is 2.91. The van der Waals surface area contributed by atoms with E-state index in [-0.39, 0.29) is 4.16 Å². The zero-order valence-electron chi connectivity index (χ0n) is 9.63. The van der Waals surface area contributed by atoms with Crippen LogP contribution in [0.1, 0.15) is 21.7 Å². The van der Waals surface area contributed by atoms with Crippen molar-refractivity contribution >= 4 is 44.1 Å². The van der Waals surface area contributed by atoms with Gasteiger partial charge >= 0.3 is 0 Å². The predicted molar refractivity (Wildman–Crippen MR) is 78.9 cm³/mol. The van der Waals surface area contributed by atoms with Crippen LogP contribution in [0.2, 0.25) is 0 Å². The highest BCUT2D eigenvalue weighted by Crippen LogP contribution is 2.24. The molecule has 0 aromatic carbocycles. The maximum absolute atomic E-state index is 11.3. The molecule has 1 unspecified atom stereocenters. The van der Waals surface area contributed by atoms with Crippen LogP contribution in [0.15, 0.2) is 30.5 Å². The van der Waals surface area contributed by atoms with Gasteiger partial charge in [-0.25, -0.2) is 4.98 Å². The predicted octanol–water partition coefficient (Wildman–Crippen LogP) is 3.00. The molecule has 1 radical (unpaired) electrons. The molecule has 0 aliphatic carbocycles. The Morgan fingerprint density at radius 3 is 3.06 bits per heavy atom. The summed E-state index contributed by atoms with van der Waals surface area (Å²) in [5.74, 6) is 0. The van der Waals surface area contributed by atoms with Crippen LogP contribution >= 0.6 is 27.3 Å². The molecule has 0 amide bonds. The second-order valence-electron chi connectivity index (χ2n) is 4.09. The van der Waals surface area contributed by atoms with E-state index in [1.807, 2.05) is 41.8 Å². The summed E-state index contributed by atoms with van der Waals surface area (Å²) in [6.45, 7) is 2.01. The second-order valence-corrected chi connectivity index (χ2v) is 6.86. The first-order valence-corrected chi connectivity index (χ1v) is 7.29. The molecule has 1 atom stereocenters. The number of nitrogens with zero attached hydrogens (tertiary/aromatic N) is 2. The number of carbonyl (C=O) groups is 1. The Morgan fingerprint density at radius 2 is 2.39 bits per heavy atom. The maximum atomic E-state index is 11.3. The molecule has 5 heteroatoms. The smallest absolute Gasteiger partial charge is 0.169 e. The van der Waals surface area contributed by atoms with Gasteiger partial charge in [-0.05, 0) is 30.7 Å².